The lowest BCUT2D eigenvalue weighted by Gasteiger charge is -2.31. The van der Waals surface area contributed by atoms with E-state index in [1.807, 2.05) is 0 Å². The smallest absolute Gasteiger partial charge is 0.265 e. The van der Waals surface area contributed by atoms with Crippen molar-refractivity contribution in [1.29, 1.82) is 0 Å². The Morgan fingerprint density at radius 3 is 2.89 bits per heavy atom. The number of hydrogen-bond donors (Lipinski definition) is 3. The van der Waals surface area contributed by atoms with Crippen molar-refractivity contribution in [2.75, 3.05) is 17.6 Å². The maximum absolute atomic E-state index is 12.2. The van der Waals surface area contributed by atoms with E-state index in [4.69, 9.17) is 5.73 Å². The van der Waals surface area contributed by atoms with Gasteiger partial charge in [0.1, 0.15) is 10.7 Å². The third-order valence-corrected chi connectivity index (χ3v) is 4.63. The molecule has 1 aliphatic rings. The van der Waals surface area contributed by atoms with Gasteiger partial charge in [0.15, 0.2) is 5.13 Å². The van der Waals surface area contributed by atoms with Crippen LogP contribution in [0.1, 0.15) is 49.2 Å². The van der Waals surface area contributed by atoms with Crippen LogP contribution >= 0.6 is 11.3 Å². The Morgan fingerprint density at radius 2 is 2.32 bits per heavy atom. The first-order valence-electron chi connectivity index (χ1n) is 6.92. The minimum absolute atomic E-state index is 0.0982. The summed E-state index contributed by atoms with van der Waals surface area (Å²) in [7, 11) is 0. The largest absolute Gasteiger partial charge is 0.382 e. The topological polar surface area (TPSA) is 80.0 Å². The normalized spacial score (nSPS) is 16.7. The highest BCUT2D eigenvalue weighted by atomic mass is 32.1. The van der Waals surface area contributed by atoms with Crippen molar-refractivity contribution in [2.45, 2.75) is 45.6 Å². The Bertz CT molecular complexity index is 442. The van der Waals surface area contributed by atoms with Crippen molar-refractivity contribution < 1.29 is 4.79 Å². The van der Waals surface area contributed by atoms with E-state index in [1.165, 1.54) is 30.6 Å². The molecule has 19 heavy (non-hydrogen) atoms. The molecule has 1 unspecified atom stereocenters. The van der Waals surface area contributed by atoms with Crippen molar-refractivity contribution in [3.63, 3.8) is 0 Å². The second-order valence-electron chi connectivity index (χ2n) is 5.11. The fourth-order valence-electron chi connectivity index (χ4n) is 2.13. The lowest BCUT2D eigenvalue weighted by atomic mass is 9.80. The number of rotatable bonds is 6. The van der Waals surface area contributed by atoms with Crippen molar-refractivity contribution in [2.24, 2.45) is 5.92 Å². The van der Waals surface area contributed by atoms with Crippen LogP contribution in [0.15, 0.2) is 0 Å². The number of aromatic nitrogens is 1. The molecule has 0 radical (unpaired) electrons. The van der Waals surface area contributed by atoms with E-state index in [-0.39, 0.29) is 11.9 Å². The van der Waals surface area contributed by atoms with Crippen molar-refractivity contribution in [1.82, 2.24) is 10.3 Å². The molecule has 1 aromatic rings. The maximum Gasteiger partial charge on any atom is 0.265 e. The van der Waals surface area contributed by atoms with Gasteiger partial charge < -0.3 is 16.4 Å². The molecule has 106 valence electrons. The average Bonchev–Trinajstić information content (AvgIpc) is 2.65. The fourth-order valence-corrected chi connectivity index (χ4v) is 2.95. The Balaban J connectivity index is 1.95. The van der Waals surface area contributed by atoms with Gasteiger partial charge in [0.25, 0.3) is 5.91 Å². The molecular weight excluding hydrogens is 260 g/mol. The Morgan fingerprint density at radius 1 is 1.58 bits per heavy atom. The molecule has 0 bridgehead atoms. The van der Waals surface area contributed by atoms with Crippen LogP contribution < -0.4 is 16.4 Å². The van der Waals surface area contributed by atoms with Gasteiger partial charge in [-0.1, -0.05) is 24.7 Å². The van der Waals surface area contributed by atoms with E-state index in [0.717, 1.165) is 18.1 Å². The number of anilines is 2. The summed E-state index contributed by atoms with van der Waals surface area (Å²) in [4.78, 5) is 16.9. The maximum atomic E-state index is 12.2. The van der Waals surface area contributed by atoms with Gasteiger partial charge in [0.2, 0.25) is 0 Å². The highest BCUT2D eigenvalue weighted by Crippen LogP contribution is 2.30. The van der Waals surface area contributed by atoms with Crippen LogP contribution in [-0.4, -0.2) is 23.5 Å². The number of amides is 1. The molecule has 0 aromatic carbocycles. The van der Waals surface area contributed by atoms with E-state index >= 15 is 0 Å². The fraction of sp³-hybridized carbons (Fsp3) is 0.692. The van der Waals surface area contributed by atoms with Gasteiger partial charge in [0.05, 0.1) is 0 Å². The van der Waals surface area contributed by atoms with Gasteiger partial charge in [-0.15, -0.1) is 0 Å². The zero-order valence-electron chi connectivity index (χ0n) is 11.5. The first kappa shape index (κ1) is 14.1. The molecule has 0 saturated heterocycles. The zero-order valence-corrected chi connectivity index (χ0v) is 12.3. The highest BCUT2D eigenvalue weighted by Gasteiger charge is 2.26. The summed E-state index contributed by atoms with van der Waals surface area (Å²) in [5, 5.41) is 6.91. The van der Waals surface area contributed by atoms with Crippen molar-refractivity contribution in [3.8, 4) is 0 Å². The first-order valence-corrected chi connectivity index (χ1v) is 7.74. The summed E-state index contributed by atoms with van der Waals surface area (Å²) < 4.78 is 0. The predicted octanol–water partition coefficient (Wildman–Crippen LogP) is 2.47. The van der Waals surface area contributed by atoms with Crippen LogP contribution in [-0.2, 0) is 0 Å². The molecule has 1 aromatic heterocycles. The minimum Gasteiger partial charge on any atom is -0.382 e. The summed E-state index contributed by atoms with van der Waals surface area (Å²) in [6.45, 7) is 4.99. The molecule has 0 spiro atoms. The molecule has 1 heterocycles. The Labute approximate surface area is 118 Å². The molecule has 1 atom stereocenters. The molecule has 1 amide bonds. The van der Waals surface area contributed by atoms with Gasteiger partial charge in [-0.2, -0.15) is 0 Å². The van der Waals surface area contributed by atoms with Gasteiger partial charge in [0, 0.05) is 12.6 Å². The van der Waals surface area contributed by atoms with Gasteiger partial charge in [-0.05, 0) is 32.1 Å². The van der Waals surface area contributed by atoms with Crippen LogP contribution in [0.25, 0.3) is 0 Å². The zero-order chi connectivity index (χ0) is 13.8. The van der Waals surface area contributed by atoms with Crippen molar-refractivity contribution in [3.05, 3.63) is 4.88 Å². The van der Waals surface area contributed by atoms with E-state index in [0.29, 0.717) is 16.6 Å². The highest BCUT2D eigenvalue weighted by molar-refractivity contribution is 7.18. The third-order valence-electron chi connectivity index (χ3n) is 3.60. The van der Waals surface area contributed by atoms with Gasteiger partial charge in [-0.25, -0.2) is 4.98 Å². The van der Waals surface area contributed by atoms with Gasteiger partial charge >= 0.3 is 0 Å². The Kier molecular flexibility index (Phi) is 4.63. The lowest BCUT2D eigenvalue weighted by Crippen LogP contribution is -2.40. The van der Waals surface area contributed by atoms with Crippen LogP contribution in [0.3, 0.4) is 0 Å². The molecule has 0 aliphatic heterocycles. The monoisotopic (exact) mass is 282 g/mol. The van der Waals surface area contributed by atoms with Gasteiger partial charge in [-0.3, -0.25) is 4.79 Å². The molecule has 1 aliphatic carbocycles. The molecule has 1 saturated carbocycles. The molecule has 4 N–H and O–H groups in total. The number of nitrogens with two attached hydrogens (primary N) is 1. The number of nitrogen functional groups attached to an aromatic ring is 1. The lowest BCUT2D eigenvalue weighted by molar-refractivity contribution is 0.0914. The Hall–Kier alpha value is -1.30. The molecule has 2 rings (SSSR count). The SMILES string of the molecule is CCCNc1nc(N)c(C(=O)NC(C)C2CCC2)s1. The molecular formula is C13H22N4OS. The summed E-state index contributed by atoms with van der Waals surface area (Å²) in [5.74, 6) is 0.844. The van der Waals surface area contributed by atoms with Crippen LogP contribution in [0.4, 0.5) is 10.9 Å². The molecule has 1 fully saturated rings. The van der Waals surface area contributed by atoms with E-state index in [1.54, 1.807) is 0 Å². The average molecular weight is 282 g/mol. The summed E-state index contributed by atoms with van der Waals surface area (Å²) in [6.07, 6.45) is 4.71. The van der Waals surface area contributed by atoms with Crippen LogP contribution in [0.2, 0.25) is 0 Å². The minimum atomic E-state index is -0.0982. The summed E-state index contributed by atoms with van der Waals surface area (Å²) in [6, 6.07) is 0.217. The summed E-state index contributed by atoms with van der Waals surface area (Å²) in [5.41, 5.74) is 5.81. The van der Waals surface area contributed by atoms with Crippen molar-refractivity contribution >= 4 is 28.2 Å². The number of nitrogens with zero attached hydrogens (tertiary/aromatic N) is 1. The second-order valence-corrected chi connectivity index (χ2v) is 6.11. The number of carbonyl (C=O) groups excluding carboxylic acids is 1. The van der Waals surface area contributed by atoms with E-state index < -0.39 is 0 Å². The number of nitrogens with one attached hydrogen (secondary N) is 2. The molecule has 5 nitrogen and oxygen atoms in total. The quantitative estimate of drug-likeness (QED) is 0.749. The molecule has 6 heteroatoms. The first-order chi connectivity index (χ1) is 9.11. The standard InChI is InChI=1S/C13H22N4OS/c1-3-7-15-13-17-11(14)10(19-13)12(18)16-8(2)9-5-4-6-9/h8-9H,3-7,14H2,1-2H3,(H,15,17)(H,16,18). The second kappa shape index (κ2) is 6.23. The number of hydrogen-bond acceptors (Lipinski definition) is 5. The summed E-state index contributed by atoms with van der Waals surface area (Å²) >= 11 is 1.33. The van der Waals surface area contributed by atoms with E-state index in [9.17, 15) is 4.79 Å². The third kappa shape index (κ3) is 3.37. The van der Waals surface area contributed by atoms with E-state index in [2.05, 4.69) is 29.5 Å². The number of carbonyl (C=O) groups is 1. The predicted molar refractivity (Wildman–Crippen MR) is 79.6 cm³/mol. The van der Waals surface area contributed by atoms with Crippen LogP contribution in [0, 0.1) is 5.92 Å². The number of thiazole rings is 1. The van der Waals surface area contributed by atoms with Crippen LogP contribution in [0.5, 0.6) is 0 Å².